The lowest BCUT2D eigenvalue weighted by Gasteiger charge is -2.19. The van der Waals surface area contributed by atoms with E-state index in [0.717, 1.165) is 0 Å². The van der Waals surface area contributed by atoms with Gasteiger partial charge in [-0.15, -0.1) is 0 Å². The lowest BCUT2D eigenvalue weighted by molar-refractivity contribution is 0.0993. The fraction of sp³-hybridized carbons (Fsp3) is 0.400. The Kier molecular flexibility index (Phi) is 3.26. The zero-order valence-corrected chi connectivity index (χ0v) is 8.86. The Morgan fingerprint density at radius 3 is 2.80 bits per heavy atom. The Labute approximate surface area is 88.4 Å². The summed E-state index contributed by atoms with van der Waals surface area (Å²) in [4.78, 5) is 14.9. The number of nitrogens with two attached hydrogens (primary N) is 2. The number of aromatic nitrogens is 1. The Hall–Kier alpha value is -1.62. The molecule has 0 bridgehead atoms. The van der Waals surface area contributed by atoms with E-state index in [1.807, 2.05) is 13.8 Å². The average Bonchev–Trinajstić information content (AvgIpc) is 2.14. The second kappa shape index (κ2) is 4.27. The molecule has 5 heteroatoms. The van der Waals surface area contributed by atoms with Gasteiger partial charge in [0.1, 0.15) is 12.2 Å². The number of carbonyl (C=O) groups excluding carboxylic acids is 1. The maximum atomic E-state index is 11.0. The van der Waals surface area contributed by atoms with Crippen LogP contribution in [0.2, 0.25) is 0 Å². The number of nitrogens with zero attached hydrogens (tertiary/aromatic N) is 1. The molecule has 0 aromatic carbocycles. The number of amides is 1. The largest absolute Gasteiger partial charge is 0.475 e. The molecule has 0 saturated carbocycles. The Balaban J connectivity index is 2.81. The molecule has 0 fully saturated rings. The molecule has 0 atom stereocenters. The van der Waals surface area contributed by atoms with E-state index >= 15 is 0 Å². The van der Waals surface area contributed by atoms with Crippen molar-refractivity contribution in [1.82, 2.24) is 4.98 Å². The van der Waals surface area contributed by atoms with Gasteiger partial charge in [-0.1, -0.05) is 0 Å². The topological polar surface area (TPSA) is 91.2 Å². The van der Waals surface area contributed by atoms with Crippen LogP contribution in [-0.2, 0) is 0 Å². The first-order valence-corrected chi connectivity index (χ1v) is 4.56. The number of rotatable bonds is 4. The van der Waals surface area contributed by atoms with Gasteiger partial charge in [-0.2, -0.15) is 0 Å². The monoisotopic (exact) mass is 209 g/mol. The number of pyridine rings is 1. The van der Waals surface area contributed by atoms with Crippen molar-refractivity contribution in [2.45, 2.75) is 19.4 Å². The third kappa shape index (κ3) is 3.55. The van der Waals surface area contributed by atoms with Gasteiger partial charge in [-0.3, -0.25) is 4.79 Å². The highest BCUT2D eigenvalue weighted by Gasteiger charge is 2.15. The van der Waals surface area contributed by atoms with Crippen molar-refractivity contribution in [3.8, 4) is 5.88 Å². The SMILES string of the molecule is CC(C)(N)COc1ncccc1C(N)=O. The molecule has 4 N–H and O–H groups in total. The molecule has 15 heavy (non-hydrogen) atoms. The molecule has 0 saturated heterocycles. The second-order valence-corrected chi connectivity index (χ2v) is 4.00. The lowest BCUT2D eigenvalue weighted by atomic mass is 10.1. The Bertz CT molecular complexity index is 358. The van der Waals surface area contributed by atoms with Crippen LogP contribution in [0.25, 0.3) is 0 Å². The molecule has 0 aliphatic carbocycles. The van der Waals surface area contributed by atoms with E-state index in [-0.39, 0.29) is 18.1 Å². The van der Waals surface area contributed by atoms with E-state index in [1.165, 1.54) is 6.20 Å². The number of hydrogen-bond acceptors (Lipinski definition) is 4. The molecule has 0 aliphatic rings. The molecule has 1 aromatic heterocycles. The smallest absolute Gasteiger partial charge is 0.254 e. The van der Waals surface area contributed by atoms with Crippen molar-refractivity contribution in [3.63, 3.8) is 0 Å². The number of ether oxygens (including phenoxy) is 1. The molecule has 1 amide bonds. The Morgan fingerprint density at radius 2 is 2.27 bits per heavy atom. The van der Waals surface area contributed by atoms with Crippen molar-refractivity contribution in [2.75, 3.05) is 6.61 Å². The van der Waals surface area contributed by atoms with Crippen LogP contribution >= 0.6 is 0 Å². The van der Waals surface area contributed by atoms with E-state index in [4.69, 9.17) is 16.2 Å². The van der Waals surface area contributed by atoms with Gasteiger partial charge >= 0.3 is 0 Å². The highest BCUT2D eigenvalue weighted by molar-refractivity contribution is 5.94. The van der Waals surface area contributed by atoms with E-state index in [2.05, 4.69) is 4.98 Å². The fourth-order valence-electron chi connectivity index (χ4n) is 0.948. The van der Waals surface area contributed by atoms with Gasteiger partial charge in [0, 0.05) is 11.7 Å². The van der Waals surface area contributed by atoms with E-state index in [1.54, 1.807) is 12.1 Å². The van der Waals surface area contributed by atoms with Gasteiger partial charge in [0.25, 0.3) is 5.91 Å². The third-order valence-electron chi connectivity index (χ3n) is 1.62. The van der Waals surface area contributed by atoms with E-state index < -0.39 is 11.4 Å². The van der Waals surface area contributed by atoms with Crippen LogP contribution in [0.4, 0.5) is 0 Å². The van der Waals surface area contributed by atoms with Gasteiger partial charge < -0.3 is 16.2 Å². The molecule has 1 heterocycles. The molecule has 0 aliphatic heterocycles. The van der Waals surface area contributed by atoms with Crippen LogP contribution in [-0.4, -0.2) is 23.0 Å². The normalized spacial score (nSPS) is 11.1. The predicted octanol–water partition coefficient (Wildman–Crippen LogP) is 0.297. The first-order chi connectivity index (χ1) is 6.90. The minimum atomic E-state index is -0.562. The predicted molar refractivity (Wildman–Crippen MR) is 56.5 cm³/mol. The first-order valence-electron chi connectivity index (χ1n) is 4.56. The second-order valence-electron chi connectivity index (χ2n) is 4.00. The van der Waals surface area contributed by atoms with Crippen molar-refractivity contribution < 1.29 is 9.53 Å². The average molecular weight is 209 g/mol. The van der Waals surface area contributed by atoms with E-state index in [0.29, 0.717) is 0 Å². The lowest BCUT2D eigenvalue weighted by Crippen LogP contribution is -2.39. The van der Waals surface area contributed by atoms with Crippen molar-refractivity contribution >= 4 is 5.91 Å². The van der Waals surface area contributed by atoms with Gasteiger partial charge in [0.05, 0.1) is 0 Å². The number of carbonyl (C=O) groups is 1. The summed E-state index contributed by atoms with van der Waals surface area (Å²) in [6.45, 7) is 3.91. The summed E-state index contributed by atoms with van der Waals surface area (Å²) in [7, 11) is 0. The quantitative estimate of drug-likeness (QED) is 0.745. The van der Waals surface area contributed by atoms with Crippen LogP contribution in [0.1, 0.15) is 24.2 Å². The van der Waals surface area contributed by atoms with Crippen LogP contribution in [0.3, 0.4) is 0 Å². The molecule has 1 rings (SSSR count). The molecule has 0 spiro atoms. The van der Waals surface area contributed by atoms with Crippen LogP contribution in [0.5, 0.6) is 5.88 Å². The molecular weight excluding hydrogens is 194 g/mol. The number of hydrogen-bond donors (Lipinski definition) is 2. The van der Waals surface area contributed by atoms with Gasteiger partial charge in [-0.25, -0.2) is 4.98 Å². The fourth-order valence-corrected chi connectivity index (χ4v) is 0.948. The maximum Gasteiger partial charge on any atom is 0.254 e. The van der Waals surface area contributed by atoms with Gasteiger partial charge in [-0.05, 0) is 26.0 Å². The zero-order chi connectivity index (χ0) is 11.5. The summed E-state index contributed by atoms with van der Waals surface area (Å²) in [5.74, 6) is -0.337. The molecule has 1 aromatic rings. The molecule has 5 nitrogen and oxygen atoms in total. The van der Waals surface area contributed by atoms with E-state index in [9.17, 15) is 4.79 Å². The van der Waals surface area contributed by atoms with Crippen LogP contribution in [0.15, 0.2) is 18.3 Å². The van der Waals surface area contributed by atoms with Crippen molar-refractivity contribution in [1.29, 1.82) is 0 Å². The summed E-state index contributed by atoms with van der Waals surface area (Å²) in [5.41, 5.74) is 10.7. The summed E-state index contributed by atoms with van der Waals surface area (Å²) in [6, 6.07) is 3.19. The van der Waals surface area contributed by atoms with Crippen molar-refractivity contribution in [3.05, 3.63) is 23.9 Å². The van der Waals surface area contributed by atoms with Crippen molar-refractivity contribution in [2.24, 2.45) is 11.5 Å². The molecular formula is C10H15N3O2. The summed E-state index contributed by atoms with van der Waals surface area (Å²) >= 11 is 0. The van der Waals surface area contributed by atoms with Crippen LogP contribution in [0, 0.1) is 0 Å². The minimum Gasteiger partial charge on any atom is -0.475 e. The molecule has 82 valence electrons. The van der Waals surface area contributed by atoms with Crippen LogP contribution < -0.4 is 16.2 Å². The number of primary amides is 1. The zero-order valence-electron chi connectivity index (χ0n) is 8.86. The molecule has 0 radical (unpaired) electrons. The minimum absolute atomic E-state index is 0.225. The highest BCUT2D eigenvalue weighted by atomic mass is 16.5. The summed E-state index contributed by atoms with van der Waals surface area (Å²) in [6.07, 6.45) is 1.53. The van der Waals surface area contributed by atoms with Gasteiger partial charge in [0.2, 0.25) is 5.88 Å². The van der Waals surface area contributed by atoms with Gasteiger partial charge in [0.15, 0.2) is 0 Å². The Morgan fingerprint density at radius 1 is 1.60 bits per heavy atom. The summed E-state index contributed by atoms with van der Waals surface area (Å²) in [5, 5.41) is 0. The highest BCUT2D eigenvalue weighted by Crippen LogP contribution is 2.14. The third-order valence-corrected chi connectivity index (χ3v) is 1.62. The summed E-state index contributed by atoms with van der Waals surface area (Å²) < 4.78 is 5.33. The first kappa shape index (κ1) is 11.5. The standard InChI is InChI=1S/C10H15N3O2/c1-10(2,12)6-15-9-7(8(11)14)4-3-5-13-9/h3-5H,6,12H2,1-2H3,(H2,11,14). The maximum absolute atomic E-state index is 11.0. The molecule has 0 unspecified atom stereocenters.